The van der Waals surface area contributed by atoms with Crippen molar-refractivity contribution in [3.63, 3.8) is 0 Å². The van der Waals surface area contributed by atoms with Crippen LogP contribution in [0.3, 0.4) is 0 Å². The number of carbonyl (C=O) groups is 2. The SMILES string of the molecule is COCCOCCC(=O)OC(C)OC(=O)N(C)[C@H]1CCc2cc(OC)c(OC)c(OC)c2-c2ccc(OC)c(=O)cc21. The molecule has 0 saturated carbocycles. The van der Waals surface area contributed by atoms with Crippen molar-refractivity contribution in [3.05, 3.63) is 45.6 Å². The fourth-order valence-electron chi connectivity index (χ4n) is 4.87. The summed E-state index contributed by atoms with van der Waals surface area (Å²) in [7, 11) is 9.12. The average Bonchev–Trinajstić information content (AvgIpc) is 3.22. The molecule has 1 unspecified atom stereocenters. The van der Waals surface area contributed by atoms with Gasteiger partial charge in [-0.15, -0.1) is 0 Å². The number of amides is 1. The number of ether oxygens (including phenoxy) is 8. The first-order chi connectivity index (χ1) is 20.2. The van der Waals surface area contributed by atoms with E-state index in [0.29, 0.717) is 60.0 Å². The molecule has 2 atom stereocenters. The zero-order valence-corrected chi connectivity index (χ0v) is 25.1. The number of benzene rings is 1. The highest BCUT2D eigenvalue weighted by atomic mass is 16.7. The quantitative estimate of drug-likeness (QED) is 0.192. The van der Waals surface area contributed by atoms with Gasteiger partial charge >= 0.3 is 12.1 Å². The van der Waals surface area contributed by atoms with Crippen LogP contribution in [0.15, 0.2) is 29.1 Å². The Hall–Kier alpha value is -4.03. The van der Waals surface area contributed by atoms with E-state index in [0.717, 1.165) is 5.56 Å². The van der Waals surface area contributed by atoms with E-state index in [9.17, 15) is 14.4 Å². The number of esters is 1. The highest BCUT2D eigenvalue weighted by Gasteiger charge is 2.33. The fourth-order valence-corrected chi connectivity index (χ4v) is 4.87. The number of rotatable bonds is 13. The number of methoxy groups -OCH3 is 5. The van der Waals surface area contributed by atoms with Crippen LogP contribution in [0.4, 0.5) is 4.79 Å². The molecule has 12 nitrogen and oxygen atoms in total. The summed E-state index contributed by atoms with van der Waals surface area (Å²) >= 11 is 0. The summed E-state index contributed by atoms with van der Waals surface area (Å²) in [6, 6.07) is 6.08. The van der Waals surface area contributed by atoms with Crippen LogP contribution in [0.1, 0.15) is 36.9 Å². The van der Waals surface area contributed by atoms with E-state index in [4.69, 9.17) is 37.9 Å². The molecule has 1 aliphatic carbocycles. The van der Waals surface area contributed by atoms with Gasteiger partial charge < -0.3 is 42.8 Å². The van der Waals surface area contributed by atoms with Crippen LogP contribution in [0.25, 0.3) is 11.1 Å². The Kier molecular flexibility index (Phi) is 11.8. The summed E-state index contributed by atoms with van der Waals surface area (Å²) in [6.07, 6.45) is -0.949. The van der Waals surface area contributed by atoms with E-state index >= 15 is 0 Å². The number of aryl methyl sites for hydroxylation is 1. The largest absolute Gasteiger partial charge is 0.493 e. The summed E-state index contributed by atoms with van der Waals surface area (Å²) in [4.78, 5) is 39.9. The van der Waals surface area contributed by atoms with Crippen molar-refractivity contribution >= 4 is 12.1 Å². The molecular weight excluding hydrogens is 550 g/mol. The Morgan fingerprint density at radius 2 is 1.62 bits per heavy atom. The summed E-state index contributed by atoms with van der Waals surface area (Å²) < 4.78 is 43.1. The number of carbonyl (C=O) groups excluding carboxylic acids is 2. The molecule has 0 N–H and O–H groups in total. The molecule has 0 bridgehead atoms. The lowest BCUT2D eigenvalue weighted by Gasteiger charge is -2.28. The third-order valence-corrected chi connectivity index (χ3v) is 6.89. The molecule has 12 heteroatoms. The molecule has 0 aromatic heterocycles. The van der Waals surface area contributed by atoms with Gasteiger partial charge in [-0.2, -0.15) is 0 Å². The minimum Gasteiger partial charge on any atom is -0.493 e. The van der Waals surface area contributed by atoms with E-state index < -0.39 is 24.4 Å². The first kappa shape index (κ1) is 32.5. The molecule has 2 aromatic rings. The molecular formula is C30H39NO11. The van der Waals surface area contributed by atoms with Crippen LogP contribution in [-0.4, -0.2) is 85.7 Å². The zero-order valence-electron chi connectivity index (χ0n) is 25.1. The van der Waals surface area contributed by atoms with E-state index in [1.54, 1.807) is 26.3 Å². The number of hydrogen-bond donors (Lipinski definition) is 0. The third-order valence-electron chi connectivity index (χ3n) is 6.89. The predicted molar refractivity (Wildman–Crippen MR) is 153 cm³/mol. The number of fused-ring (bicyclic) bond motifs is 3. The molecule has 0 heterocycles. The Balaban J connectivity index is 1.94. The maximum atomic E-state index is 13.3. The highest BCUT2D eigenvalue weighted by molar-refractivity contribution is 5.83. The smallest absolute Gasteiger partial charge is 0.413 e. The van der Waals surface area contributed by atoms with Gasteiger partial charge in [0.2, 0.25) is 17.5 Å². The summed E-state index contributed by atoms with van der Waals surface area (Å²) in [5.41, 5.74) is 2.44. The summed E-state index contributed by atoms with van der Waals surface area (Å²) in [5, 5.41) is 0. The zero-order chi connectivity index (χ0) is 30.8. The Morgan fingerprint density at radius 1 is 0.905 bits per heavy atom. The Morgan fingerprint density at radius 3 is 2.26 bits per heavy atom. The molecule has 0 radical (unpaired) electrons. The van der Waals surface area contributed by atoms with Crippen LogP contribution >= 0.6 is 0 Å². The molecule has 3 rings (SSSR count). The van der Waals surface area contributed by atoms with Crippen molar-refractivity contribution < 1.29 is 47.5 Å². The van der Waals surface area contributed by atoms with Crippen molar-refractivity contribution in [2.24, 2.45) is 0 Å². The predicted octanol–water partition coefficient (Wildman–Crippen LogP) is 3.75. The molecule has 0 spiro atoms. The molecule has 0 saturated heterocycles. The van der Waals surface area contributed by atoms with Gasteiger partial charge in [-0.1, -0.05) is 6.07 Å². The van der Waals surface area contributed by atoms with Crippen molar-refractivity contribution in [1.82, 2.24) is 4.90 Å². The second kappa shape index (κ2) is 15.3. The second-order valence-corrected chi connectivity index (χ2v) is 9.42. The molecule has 230 valence electrons. The maximum Gasteiger partial charge on any atom is 0.413 e. The van der Waals surface area contributed by atoms with Crippen molar-refractivity contribution in [2.45, 2.75) is 38.5 Å². The Bertz CT molecular complexity index is 1310. The highest BCUT2D eigenvalue weighted by Crippen LogP contribution is 2.50. The lowest BCUT2D eigenvalue weighted by atomic mass is 9.95. The fraction of sp³-hybridized carbons (Fsp3) is 0.500. The lowest BCUT2D eigenvalue weighted by Crippen LogP contribution is -2.35. The van der Waals surface area contributed by atoms with Gasteiger partial charge in [-0.3, -0.25) is 9.59 Å². The van der Waals surface area contributed by atoms with Gasteiger partial charge in [0.1, 0.15) is 0 Å². The average molecular weight is 590 g/mol. The summed E-state index contributed by atoms with van der Waals surface area (Å²) in [6.45, 7) is 2.37. The molecule has 1 aliphatic rings. The van der Waals surface area contributed by atoms with E-state index in [-0.39, 0.29) is 24.2 Å². The van der Waals surface area contributed by atoms with Crippen LogP contribution in [0.5, 0.6) is 23.0 Å². The molecule has 0 fully saturated rings. The molecule has 1 amide bonds. The minimum absolute atomic E-state index is 0.00489. The number of hydrogen-bond acceptors (Lipinski definition) is 11. The minimum atomic E-state index is -1.15. The Labute approximate surface area is 245 Å². The van der Waals surface area contributed by atoms with E-state index in [2.05, 4.69) is 0 Å². The van der Waals surface area contributed by atoms with Crippen molar-refractivity contribution in [3.8, 4) is 34.1 Å². The van der Waals surface area contributed by atoms with E-state index in [1.807, 2.05) is 6.07 Å². The standard InChI is InChI=1S/C30H39NO11/c1-18(41-26(33)12-13-40-15-14-35-3)42-30(34)31(2)22-10-8-19-16-25(37-5)28(38-6)29(39-7)27(19)20-9-11-24(36-4)23(32)17-21(20)22/h9,11,16-18,22H,8,10,12-15H2,1-7H3/t18?,22-/m0/s1. The van der Waals surface area contributed by atoms with Crippen LogP contribution in [0, 0.1) is 0 Å². The second-order valence-electron chi connectivity index (χ2n) is 9.42. The monoisotopic (exact) mass is 589 g/mol. The van der Waals surface area contributed by atoms with E-state index in [1.165, 1.54) is 46.3 Å². The normalized spacial score (nSPS) is 14.4. The van der Waals surface area contributed by atoms with Crippen molar-refractivity contribution in [1.29, 1.82) is 0 Å². The lowest BCUT2D eigenvalue weighted by molar-refractivity contribution is -0.167. The molecule has 42 heavy (non-hydrogen) atoms. The first-order valence-electron chi connectivity index (χ1n) is 13.4. The van der Waals surface area contributed by atoms with Gasteiger partial charge in [0, 0.05) is 26.6 Å². The van der Waals surface area contributed by atoms with Crippen molar-refractivity contribution in [2.75, 3.05) is 62.4 Å². The topological polar surface area (TPSA) is 128 Å². The van der Waals surface area contributed by atoms with Gasteiger partial charge in [0.15, 0.2) is 17.2 Å². The van der Waals surface area contributed by atoms with Gasteiger partial charge in [-0.25, -0.2) is 4.79 Å². The number of nitrogens with zero attached hydrogens (tertiary/aromatic N) is 1. The van der Waals surface area contributed by atoms with Gasteiger partial charge in [0.05, 0.1) is 60.7 Å². The molecule has 2 aromatic carbocycles. The third kappa shape index (κ3) is 7.42. The van der Waals surface area contributed by atoms with Crippen LogP contribution in [-0.2, 0) is 30.2 Å². The summed E-state index contributed by atoms with van der Waals surface area (Å²) in [5.74, 6) is 0.887. The maximum absolute atomic E-state index is 13.3. The van der Waals surface area contributed by atoms with Gasteiger partial charge in [0.25, 0.3) is 0 Å². The van der Waals surface area contributed by atoms with Crippen LogP contribution < -0.4 is 24.4 Å². The van der Waals surface area contributed by atoms with Gasteiger partial charge in [-0.05, 0) is 47.7 Å². The molecule has 0 aliphatic heterocycles. The first-order valence-corrected chi connectivity index (χ1v) is 13.4. The van der Waals surface area contributed by atoms with Crippen LogP contribution in [0.2, 0.25) is 0 Å².